The summed E-state index contributed by atoms with van der Waals surface area (Å²) in [5.41, 5.74) is 0.837. The summed E-state index contributed by atoms with van der Waals surface area (Å²) in [6.45, 7) is 9.17. The molecule has 84 valence electrons. The van der Waals surface area contributed by atoms with E-state index >= 15 is 0 Å². The highest BCUT2D eigenvalue weighted by atomic mass is 16.5. The van der Waals surface area contributed by atoms with Crippen LogP contribution in [0.15, 0.2) is 18.5 Å². The van der Waals surface area contributed by atoms with Crippen LogP contribution in [0.3, 0.4) is 0 Å². The monoisotopic (exact) mass is 208 g/mol. The van der Waals surface area contributed by atoms with Crippen LogP contribution in [0.5, 0.6) is 5.75 Å². The van der Waals surface area contributed by atoms with Crippen LogP contribution >= 0.6 is 0 Å². The Labute approximate surface area is 91.9 Å². The van der Waals surface area contributed by atoms with E-state index < -0.39 is 0 Å². The van der Waals surface area contributed by atoms with Crippen LogP contribution < -0.4 is 10.1 Å². The van der Waals surface area contributed by atoms with Crippen LogP contribution in [0, 0.1) is 0 Å². The summed E-state index contributed by atoms with van der Waals surface area (Å²) in [6, 6.07) is 1.98. The van der Waals surface area contributed by atoms with Crippen LogP contribution in [-0.4, -0.2) is 17.1 Å². The average Bonchev–Trinajstić information content (AvgIpc) is 2.12. The van der Waals surface area contributed by atoms with Crippen molar-refractivity contribution < 1.29 is 4.74 Å². The van der Waals surface area contributed by atoms with E-state index in [4.69, 9.17) is 4.74 Å². The number of nitrogens with one attached hydrogen (secondary N) is 1. The third kappa shape index (κ3) is 4.68. The first-order chi connectivity index (χ1) is 7.01. The van der Waals surface area contributed by atoms with Crippen molar-refractivity contribution in [3.63, 3.8) is 0 Å². The van der Waals surface area contributed by atoms with E-state index in [1.54, 1.807) is 6.20 Å². The second-order valence-electron chi connectivity index (χ2n) is 4.55. The lowest BCUT2D eigenvalue weighted by atomic mass is 10.2. The number of aromatic nitrogens is 1. The SMILES string of the molecule is CCCNc1cncc(OC(C)(C)C)c1. The lowest BCUT2D eigenvalue weighted by Crippen LogP contribution is -2.23. The van der Waals surface area contributed by atoms with Crippen molar-refractivity contribution in [2.45, 2.75) is 39.7 Å². The molecule has 15 heavy (non-hydrogen) atoms. The standard InChI is InChI=1S/C12H20N2O/c1-5-6-14-10-7-11(9-13-8-10)15-12(2,3)4/h7-9,14H,5-6H2,1-4H3. The third-order valence-electron chi connectivity index (χ3n) is 1.72. The van der Waals surface area contributed by atoms with Crippen molar-refractivity contribution >= 4 is 5.69 Å². The predicted molar refractivity (Wildman–Crippen MR) is 63.4 cm³/mol. The van der Waals surface area contributed by atoms with Gasteiger partial charge in [-0.05, 0) is 27.2 Å². The molecule has 1 heterocycles. The van der Waals surface area contributed by atoms with Crippen molar-refractivity contribution in [3.05, 3.63) is 18.5 Å². The first kappa shape index (κ1) is 11.8. The van der Waals surface area contributed by atoms with Crippen molar-refractivity contribution in [2.75, 3.05) is 11.9 Å². The number of anilines is 1. The fraction of sp³-hybridized carbons (Fsp3) is 0.583. The summed E-state index contributed by atoms with van der Waals surface area (Å²) in [5, 5.41) is 3.28. The summed E-state index contributed by atoms with van der Waals surface area (Å²) in [4.78, 5) is 4.13. The van der Waals surface area contributed by atoms with Gasteiger partial charge in [-0.3, -0.25) is 4.98 Å². The molecule has 3 heteroatoms. The van der Waals surface area contributed by atoms with Gasteiger partial charge in [-0.2, -0.15) is 0 Å². The maximum absolute atomic E-state index is 5.72. The van der Waals surface area contributed by atoms with Crippen LogP contribution in [0.25, 0.3) is 0 Å². The molecule has 0 aliphatic heterocycles. The first-order valence-corrected chi connectivity index (χ1v) is 5.39. The van der Waals surface area contributed by atoms with Gasteiger partial charge in [0.2, 0.25) is 0 Å². The summed E-state index contributed by atoms with van der Waals surface area (Å²) in [7, 11) is 0. The molecular formula is C12H20N2O. The van der Waals surface area contributed by atoms with Gasteiger partial charge in [-0.1, -0.05) is 6.92 Å². The number of pyridine rings is 1. The summed E-state index contributed by atoms with van der Waals surface area (Å²) < 4.78 is 5.72. The van der Waals surface area contributed by atoms with E-state index in [0.717, 1.165) is 24.4 Å². The number of ether oxygens (including phenoxy) is 1. The number of rotatable bonds is 4. The second kappa shape index (κ2) is 5.01. The van der Waals surface area contributed by atoms with Crippen LogP contribution in [0.2, 0.25) is 0 Å². The Morgan fingerprint density at radius 1 is 1.33 bits per heavy atom. The highest BCUT2D eigenvalue weighted by Gasteiger charge is 2.11. The molecule has 1 aromatic rings. The predicted octanol–water partition coefficient (Wildman–Crippen LogP) is 3.08. The zero-order valence-corrected chi connectivity index (χ0v) is 10.0. The molecule has 0 aliphatic carbocycles. The summed E-state index contributed by atoms with van der Waals surface area (Å²) in [5.74, 6) is 0.809. The second-order valence-corrected chi connectivity index (χ2v) is 4.55. The fourth-order valence-electron chi connectivity index (χ4n) is 1.19. The smallest absolute Gasteiger partial charge is 0.140 e. The van der Waals surface area contributed by atoms with Gasteiger partial charge < -0.3 is 10.1 Å². The van der Waals surface area contributed by atoms with Gasteiger partial charge in [0, 0.05) is 12.6 Å². The fourth-order valence-corrected chi connectivity index (χ4v) is 1.19. The average molecular weight is 208 g/mol. The first-order valence-electron chi connectivity index (χ1n) is 5.39. The van der Waals surface area contributed by atoms with E-state index in [2.05, 4.69) is 17.2 Å². The number of hydrogen-bond acceptors (Lipinski definition) is 3. The molecule has 0 aromatic carbocycles. The van der Waals surface area contributed by atoms with E-state index in [1.165, 1.54) is 0 Å². The quantitative estimate of drug-likeness (QED) is 0.825. The molecule has 0 unspecified atom stereocenters. The molecule has 1 aromatic heterocycles. The van der Waals surface area contributed by atoms with Crippen LogP contribution in [0.1, 0.15) is 34.1 Å². The van der Waals surface area contributed by atoms with Crippen molar-refractivity contribution in [2.24, 2.45) is 0 Å². The van der Waals surface area contributed by atoms with Gasteiger partial charge in [0.05, 0.1) is 18.1 Å². The van der Waals surface area contributed by atoms with Crippen molar-refractivity contribution in [3.8, 4) is 5.75 Å². The largest absolute Gasteiger partial charge is 0.486 e. The van der Waals surface area contributed by atoms with Crippen LogP contribution in [0.4, 0.5) is 5.69 Å². The Morgan fingerprint density at radius 2 is 2.07 bits per heavy atom. The normalized spacial score (nSPS) is 11.2. The van der Waals surface area contributed by atoms with Gasteiger partial charge >= 0.3 is 0 Å². The Morgan fingerprint density at radius 3 is 2.67 bits per heavy atom. The molecule has 0 saturated heterocycles. The van der Waals surface area contributed by atoms with Crippen molar-refractivity contribution in [1.82, 2.24) is 4.98 Å². The molecule has 0 fully saturated rings. The number of nitrogens with zero attached hydrogens (tertiary/aromatic N) is 1. The molecule has 0 atom stereocenters. The highest BCUT2D eigenvalue weighted by Crippen LogP contribution is 2.20. The molecule has 0 amide bonds. The molecule has 1 N–H and O–H groups in total. The van der Waals surface area contributed by atoms with Crippen LogP contribution in [-0.2, 0) is 0 Å². The van der Waals surface area contributed by atoms with E-state index in [9.17, 15) is 0 Å². The zero-order valence-electron chi connectivity index (χ0n) is 10.0. The number of hydrogen-bond donors (Lipinski definition) is 1. The Bertz CT molecular complexity index is 305. The minimum atomic E-state index is -0.176. The minimum absolute atomic E-state index is 0.176. The molecule has 0 saturated carbocycles. The summed E-state index contributed by atoms with van der Waals surface area (Å²) >= 11 is 0. The molecule has 0 aliphatic rings. The highest BCUT2D eigenvalue weighted by molar-refractivity contribution is 5.45. The van der Waals surface area contributed by atoms with Gasteiger partial charge in [0.1, 0.15) is 11.4 Å². The van der Waals surface area contributed by atoms with E-state index in [-0.39, 0.29) is 5.60 Å². The van der Waals surface area contributed by atoms with Gasteiger partial charge in [-0.25, -0.2) is 0 Å². The molecule has 0 radical (unpaired) electrons. The molecule has 0 spiro atoms. The summed E-state index contributed by atoms with van der Waals surface area (Å²) in [6.07, 6.45) is 4.65. The lowest BCUT2D eigenvalue weighted by Gasteiger charge is -2.21. The maximum atomic E-state index is 5.72. The van der Waals surface area contributed by atoms with Crippen molar-refractivity contribution in [1.29, 1.82) is 0 Å². The molecular weight excluding hydrogens is 188 g/mol. The van der Waals surface area contributed by atoms with Gasteiger partial charge in [0.15, 0.2) is 0 Å². The van der Waals surface area contributed by atoms with E-state index in [0.29, 0.717) is 0 Å². The molecule has 0 bridgehead atoms. The Hall–Kier alpha value is -1.25. The molecule has 3 nitrogen and oxygen atoms in total. The topological polar surface area (TPSA) is 34.2 Å². The molecule has 1 rings (SSSR count). The lowest BCUT2D eigenvalue weighted by molar-refractivity contribution is 0.130. The zero-order chi connectivity index (χ0) is 11.3. The van der Waals surface area contributed by atoms with Gasteiger partial charge in [0.25, 0.3) is 0 Å². The minimum Gasteiger partial charge on any atom is -0.486 e. The van der Waals surface area contributed by atoms with E-state index in [1.807, 2.05) is 33.0 Å². The Balaban J connectivity index is 2.66. The van der Waals surface area contributed by atoms with Gasteiger partial charge in [-0.15, -0.1) is 0 Å². The Kier molecular flexibility index (Phi) is 3.95. The third-order valence-corrected chi connectivity index (χ3v) is 1.72. The maximum Gasteiger partial charge on any atom is 0.140 e.